The van der Waals surface area contributed by atoms with Gasteiger partial charge in [-0.25, -0.2) is 4.99 Å². The van der Waals surface area contributed by atoms with Crippen LogP contribution in [0.1, 0.15) is 13.8 Å². The molecule has 0 unspecified atom stereocenters. The second-order valence-electron chi connectivity index (χ2n) is 6.20. The second kappa shape index (κ2) is 9.53. The van der Waals surface area contributed by atoms with Crippen molar-refractivity contribution in [2.24, 2.45) is 10.9 Å². The number of hydrogen-bond donors (Lipinski definition) is 0. The van der Waals surface area contributed by atoms with Crippen LogP contribution in [0.5, 0.6) is 5.75 Å². The fraction of sp³-hybridized carbons (Fsp3) is 0.250. The average Bonchev–Trinajstić information content (AvgIpc) is 2.98. The Balaban J connectivity index is 0.00000243. The number of aromatic nitrogens is 1. The molecule has 3 aromatic rings. The number of benzene rings is 2. The van der Waals surface area contributed by atoms with Gasteiger partial charge >= 0.3 is 0 Å². The van der Waals surface area contributed by atoms with Gasteiger partial charge in [0.2, 0.25) is 0 Å². The van der Waals surface area contributed by atoms with Crippen LogP contribution in [0, 0.1) is 5.92 Å². The van der Waals surface area contributed by atoms with Crippen LogP contribution in [0.25, 0.3) is 11.3 Å². The van der Waals surface area contributed by atoms with E-state index in [9.17, 15) is 0 Å². The Kier molecular flexibility index (Phi) is 7.68. The Hall–Kier alpha value is -1.37. The highest BCUT2D eigenvalue weighted by atomic mass is 79.9. The first-order chi connectivity index (χ1) is 12.1. The van der Waals surface area contributed by atoms with Crippen LogP contribution in [0.15, 0.2) is 63.4 Å². The minimum absolute atomic E-state index is 0. The topological polar surface area (TPSA) is 26.5 Å². The summed E-state index contributed by atoms with van der Waals surface area (Å²) in [4.78, 5) is 5.86. The zero-order valence-electron chi connectivity index (χ0n) is 15.0. The minimum Gasteiger partial charge on any atom is -0.494 e. The molecule has 0 fully saturated rings. The quantitative estimate of drug-likeness (QED) is 0.397. The molecule has 3 rings (SSSR count). The van der Waals surface area contributed by atoms with Crippen LogP contribution >= 0.6 is 44.2 Å². The van der Waals surface area contributed by atoms with Crippen LogP contribution in [-0.4, -0.2) is 11.7 Å². The van der Waals surface area contributed by atoms with Crippen molar-refractivity contribution in [3.05, 3.63) is 63.2 Å². The van der Waals surface area contributed by atoms with E-state index in [4.69, 9.17) is 9.73 Å². The summed E-state index contributed by atoms with van der Waals surface area (Å²) >= 11 is 5.17. The van der Waals surface area contributed by atoms with Gasteiger partial charge in [0, 0.05) is 16.4 Å². The molecule has 3 nitrogen and oxygen atoms in total. The minimum atomic E-state index is 0. The molecule has 0 spiro atoms. The number of halogens is 2. The van der Waals surface area contributed by atoms with Crippen molar-refractivity contribution in [2.75, 3.05) is 7.11 Å². The Morgan fingerprint density at radius 1 is 1.12 bits per heavy atom. The zero-order valence-corrected chi connectivity index (χ0v) is 19.1. The maximum Gasteiger partial charge on any atom is 0.190 e. The molecular formula is C20H22Br2N2OS. The summed E-state index contributed by atoms with van der Waals surface area (Å²) in [6.07, 6.45) is 0. The van der Waals surface area contributed by atoms with Crippen molar-refractivity contribution >= 4 is 49.9 Å². The third-order valence-electron chi connectivity index (χ3n) is 3.79. The molecule has 26 heavy (non-hydrogen) atoms. The molecule has 138 valence electrons. The number of methoxy groups -OCH3 is 1. The van der Waals surface area contributed by atoms with Gasteiger partial charge in [-0.3, -0.25) is 0 Å². The van der Waals surface area contributed by atoms with Crippen LogP contribution in [0.2, 0.25) is 0 Å². The smallest absolute Gasteiger partial charge is 0.190 e. The molecule has 0 aliphatic rings. The molecule has 0 saturated heterocycles. The summed E-state index contributed by atoms with van der Waals surface area (Å²) in [6.45, 7) is 5.37. The molecular weight excluding hydrogens is 476 g/mol. The first-order valence-corrected chi connectivity index (χ1v) is 9.87. The summed E-state index contributed by atoms with van der Waals surface area (Å²) in [7, 11) is 1.68. The van der Waals surface area contributed by atoms with Gasteiger partial charge in [0.25, 0.3) is 0 Å². The molecule has 1 aromatic heterocycles. The summed E-state index contributed by atoms with van der Waals surface area (Å²) < 4.78 is 8.82. The normalized spacial score (nSPS) is 11.5. The highest BCUT2D eigenvalue weighted by Crippen LogP contribution is 2.27. The van der Waals surface area contributed by atoms with E-state index in [2.05, 4.69) is 64.0 Å². The van der Waals surface area contributed by atoms with E-state index in [1.807, 2.05) is 24.3 Å². The van der Waals surface area contributed by atoms with Crippen LogP contribution in [0.3, 0.4) is 0 Å². The molecule has 6 heteroatoms. The first kappa shape index (κ1) is 20.9. The molecule has 1 heterocycles. The monoisotopic (exact) mass is 496 g/mol. The van der Waals surface area contributed by atoms with Crippen LogP contribution < -0.4 is 9.54 Å². The van der Waals surface area contributed by atoms with Crippen molar-refractivity contribution in [3.8, 4) is 17.0 Å². The van der Waals surface area contributed by atoms with Crippen molar-refractivity contribution in [1.29, 1.82) is 0 Å². The number of thiazole rings is 1. The maximum absolute atomic E-state index is 5.44. The molecule has 0 amide bonds. The Labute approximate surface area is 177 Å². The van der Waals surface area contributed by atoms with E-state index in [1.54, 1.807) is 18.4 Å². The predicted octanol–water partition coefficient (Wildman–Crippen LogP) is 6.45. The second-order valence-corrected chi connectivity index (χ2v) is 7.95. The lowest BCUT2D eigenvalue weighted by molar-refractivity contribution is 0.416. The standard InChI is InChI=1S/C20H21BrN2OS.BrH/c1-14(2)12-23-18(15-8-10-16(21)11-9-15)13-25-20(23)22-17-6-4-5-7-19(17)24-3;/h4-11,13-14H,12H2,1-3H3;1H. The van der Waals surface area contributed by atoms with Gasteiger partial charge < -0.3 is 9.30 Å². The van der Waals surface area contributed by atoms with Crippen molar-refractivity contribution < 1.29 is 4.74 Å². The van der Waals surface area contributed by atoms with E-state index in [1.165, 1.54) is 11.3 Å². The molecule has 0 radical (unpaired) electrons. The van der Waals surface area contributed by atoms with E-state index in [0.717, 1.165) is 27.3 Å². The number of ether oxygens (including phenoxy) is 1. The van der Waals surface area contributed by atoms with Crippen molar-refractivity contribution in [1.82, 2.24) is 4.57 Å². The van der Waals surface area contributed by atoms with E-state index in [0.29, 0.717) is 5.92 Å². The Morgan fingerprint density at radius 2 is 1.81 bits per heavy atom. The Morgan fingerprint density at radius 3 is 2.46 bits per heavy atom. The highest BCUT2D eigenvalue weighted by Gasteiger charge is 2.10. The van der Waals surface area contributed by atoms with Gasteiger partial charge in [-0.15, -0.1) is 28.3 Å². The van der Waals surface area contributed by atoms with Crippen molar-refractivity contribution in [3.63, 3.8) is 0 Å². The number of para-hydroxylation sites is 2. The van der Waals surface area contributed by atoms with Gasteiger partial charge in [0.05, 0.1) is 12.8 Å². The maximum atomic E-state index is 5.44. The number of rotatable bonds is 5. The fourth-order valence-corrected chi connectivity index (χ4v) is 3.83. The van der Waals surface area contributed by atoms with Gasteiger partial charge in [0.15, 0.2) is 4.80 Å². The molecule has 0 bridgehead atoms. The Bertz CT molecular complexity index is 914. The number of nitrogens with zero attached hydrogens (tertiary/aromatic N) is 2. The lowest BCUT2D eigenvalue weighted by Gasteiger charge is -2.12. The first-order valence-electron chi connectivity index (χ1n) is 8.20. The van der Waals surface area contributed by atoms with Gasteiger partial charge in [-0.2, -0.15) is 0 Å². The molecule has 0 aliphatic heterocycles. The highest BCUT2D eigenvalue weighted by molar-refractivity contribution is 9.10. The summed E-state index contributed by atoms with van der Waals surface area (Å²) in [5.41, 5.74) is 3.24. The van der Waals surface area contributed by atoms with Gasteiger partial charge in [-0.05, 0) is 35.7 Å². The fourth-order valence-electron chi connectivity index (χ4n) is 2.64. The molecule has 2 aromatic carbocycles. The largest absolute Gasteiger partial charge is 0.494 e. The molecule has 0 saturated carbocycles. The molecule has 0 atom stereocenters. The van der Waals surface area contributed by atoms with E-state index < -0.39 is 0 Å². The van der Waals surface area contributed by atoms with Crippen LogP contribution in [0.4, 0.5) is 5.69 Å². The number of hydrogen-bond acceptors (Lipinski definition) is 3. The SMILES string of the molecule is Br.COc1ccccc1N=c1scc(-c2ccc(Br)cc2)n1CC(C)C. The summed E-state index contributed by atoms with van der Waals surface area (Å²) in [6, 6.07) is 16.3. The third-order valence-corrected chi connectivity index (χ3v) is 5.18. The lowest BCUT2D eigenvalue weighted by atomic mass is 10.1. The van der Waals surface area contributed by atoms with Crippen molar-refractivity contribution in [2.45, 2.75) is 20.4 Å². The van der Waals surface area contributed by atoms with Gasteiger partial charge in [0.1, 0.15) is 11.4 Å². The zero-order chi connectivity index (χ0) is 17.8. The molecule has 0 aliphatic carbocycles. The summed E-state index contributed by atoms with van der Waals surface area (Å²) in [5.74, 6) is 1.32. The summed E-state index contributed by atoms with van der Waals surface area (Å²) in [5, 5.41) is 2.18. The van der Waals surface area contributed by atoms with Gasteiger partial charge in [-0.1, -0.05) is 54.0 Å². The lowest BCUT2D eigenvalue weighted by Crippen LogP contribution is -2.18. The van der Waals surface area contributed by atoms with E-state index in [-0.39, 0.29) is 17.0 Å². The average molecular weight is 498 g/mol. The third kappa shape index (κ3) is 4.87. The van der Waals surface area contributed by atoms with Crippen LogP contribution in [-0.2, 0) is 6.54 Å². The molecule has 0 N–H and O–H groups in total. The van der Waals surface area contributed by atoms with E-state index >= 15 is 0 Å². The predicted molar refractivity (Wildman–Crippen MR) is 119 cm³/mol.